The summed E-state index contributed by atoms with van der Waals surface area (Å²) in [5.41, 5.74) is 2.05. The van der Waals surface area contributed by atoms with Crippen LogP contribution < -0.4 is 10.6 Å². The second kappa shape index (κ2) is 6.69. The number of fused-ring (bicyclic) bond motifs is 1. The van der Waals surface area contributed by atoms with Gasteiger partial charge in [0.15, 0.2) is 17.3 Å². The van der Waals surface area contributed by atoms with Gasteiger partial charge in [0.05, 0.1) is 6.04 Å². The Morgan fingerprint density at radius 3 is 2.79 bits per heavy atom. The van der Waals surface area contributed by atoms with E-state index in [2.05, 4.69) is 25.8 Å². The Bertz CT molecular complexity index is 854. The van der Waals surface area contributed by atoms with Crippen molar-refractivity contribution in [3.05, 3.63) is 35.8 Å². The van der Waals surface area contributed by atoms with E-state index in [1.165, 1.54) is 0 Å². The third kappa shape index (κ3) is 3.37. The lowest BCUT2D eigenvalue weighted by Crippen LogP contribution is -2.32. The molecule has 2 amide bonds. The van der Waals surface area contributed by atoms with Crippen LogP contribution in [-0.4, -0.2) is 21.2 Å². The molecule has 0 radical (unpaired) electrons. The summed E-state index contributed by atoms with van der Waals surface area (Å²) >= 11 is 0. The average molecular weight is 329 g/mol. The molecule has 1 atom stereocenters. The molecule has 2 heterocycles. The fourth-order valence-electron chi connectivity index (χ4n) is 2.34. The number of rotatable bonds is 5. The Morgan fingerprint density at radius 2 is 2.12 bits per heavy atom. The van der Waals surface area contributed by atoms with Crippen LogP contribution in [0.3, 0.4) is 0 Å². The second-order valence-corrected chi connectivity index (χ2v) is 5.37. The SMILES string of the molecule is CCc1nc2cc(NC(=O)N[C@@H](CC)c3noc(C)n3)ccc2o1. The summed E-state index contributed by atoms with van der Waals surface area (Å²) in [4.78, 5) is 20.7. The third-order valence-corrected chi connectivity index (χ3v) is 3.56. The topological polar surface area (TPSA) is 106 Å². The summed E-state index contributed by atoms with van der Waals surface area (Å²) in [5.74, 6) is 1.60. The number of hydrogen-bond donors (Lipinski definition) is 2. The van der Waals surface area contributed by atoms with E-state index >= 15 is 0 Å². The number of urea groups is 1. The monoisotopic (exact) mass is 329 g/mol. The van der Waals surface area contributed by atoms with Crippen molar-refractivity contribution in [1.82, 2.24) is 20.4 Å². The summed E-state index contributed by atoms with van der Waals surface area (Å²) in [7, 11) is 0. The first-order valence-corrected chi connectivity index (χ1v) is 7.86. The molecule has 0 aliphatic carbocycles. The number of carbonyl (C=O) groups excluding carboxylic acids is 1. The number of oxazole rings is 1. The van der Waals surface area contributed by atoms with Crippen molar-refractivity contribution in [2.75, 3.05) is 5.32 Å². The molecule has 0 saturated heterocycles. The van der Waals surface area contributed by atoms with Gasteiger partial charge in [-0.05, 0) is 24.6 Å². The van der Waals surface area contributed by atoms with Gasteiger partial charge in [0.2, 0.25) is 5.89 Å². The fourth-order valence-corrected chi connectivity index (χ4v) is 2.34. The molecule has 8 nitrogen and oxygen atoms in total. The minimum Gasteiger partial charge on any atom is -0.441 e. The first-order chi connectivity index (χ1) is 11.6. The Kier molecular flexibility index (Phi) is 4.45. The van der Waals surface area contributed by atoms with Gasteiger partial charge in [-0.1, -0.05) is 19.0 Å². The van der Waals surface area contributed by atoms with Gasteiger partial charge in [0.1, 0.15) is 5.52 Å². The largest absolute Gasteiger partial charge is 0.441 e. The molecule has 0 bridgehead atoms. The van der Waals surface area contributed by atoms with Crippen LogP contribution in [0.2, 0.25) is 0 Å². The summed E-state index contributed by atoms with van der Waals surface area (Å²) in [5, 5.41) is 9.46. The lowest BCUT2D eigenvalue weighted by molar-refractivity contribution is 0.247. The number of anilines is 1. The van der Waals surface area contributed by atoms with Gasteiger partial charge in [0, 0.05) is 19.0 Å². The molecule has 0 fully saturated rings. The van der Waals surface area contributed by atoms with Crippen LogP contribution in [0.15, 0.2) is 27.1 Å². The van der Waals surface area contributed by atoms with Gasteiger partial charge >= 0.3 is 6.03 Å². The van der Waals surface area contributed by atoms with Gasteiger partial charge < -0.3 is 19.6 Å². The van der Waals surface area contributed by atoms with Crippen molar-refractivity contribution in [2.45, 2.75) is 39.7 Å². The Hall–Kier alpha value is -2.90. The van der Waals surface area contributed by atoms with Crippen molar-refractivity contribution in [1.29, 1.82) is 0 Å². The first kappa shape index (κ1) is 16.0. The zero-order valence-corrected chi connectivity index (χ0v) is 13.8. The summed E-state index contributed by atoms with van der Waals surface area (Å²) in [6.07, 6.45) is 1.37. The maximum absolute atomic E-state index is 12.2. The van der Waals surface area contributed by atoms with Crippen LogP contribution in [0, 0.1) is 6.92 Å². The van der Waals surface area contributed by atoms with Crippen LogP contribution in [0.1, 0.15) is 43.9 Å². The number of nitrogens with one attached hydrogen (secondary N) is 2. The number of carbonyl (C=O) groups is 1. The van der Waals surface area contributed by atoms with Gasteiger partial charge in [-0.15, -0.1) is 0 Å². The summed E-state index contributed by atoms with van der Waals surface area (Å²) in [6, 6.07) is 4.67. The van der Waals surface area contributed by atoms with Crippen molar-refractivity contribution in [3.63, 3.8) is 0 Å². The van der Waals surface area contributed by atoms with Gasteiger partial charge in [-0.3, -0.25) is 0 Å². The van der Waals surface area contributed by atoms with E-state index in [0.29, 0.717) is 40.8 Å². The highest BCUT2D eigenvalue weighted by Gasteiger charge is 2.18. The number of benzene rings is 1. The van der Waals surface area contributed by atoms with Crippen molar-refractivity contribution < 1.29 is 13.7 Å². The van der Waals surface area contributed by atoms with E-state index in [-0.39, 0.29) is 12.1 Å². The van der Waals surface area contributed by atoms with Crippen LogP contribution in [-0.2, 0) is 6.42 Å². The molecular weight excluding hydrogens is 310 g/mol. The van der Waals surface area contributed by atoms with Gasteiger partial charge in [-0.25, -0.2) is 9.78 Å². The highest BCUT2D eigenvalue weighted by Crippen LogP contribution is 2.20. The molecule has 0 unspecified atom stereocenters. The molecule has 2 aromatic heterocycles. The third-order valence-electron chi connectivity index (χ3n) is 3.56. The Morgan fingerprint density at radius 1 is 1.29 bits per heavy atom. The predicted octanol–water partition coefficient (Wildman–Crippen LogP) is 3.35. The van der Waals surface area contributed by atoms with E-state index in [9.17, 15) is 4.79 Å². The molecule has 3 rings (SSSR count). The van der Waals surface area contributed by atoms with Crippen LogP contribution in [0.25, 0.3) is 11.1 Å². The van der Waals surface area contributed by atoms with E-state index in [4.69, 9.17) is 8.94 Å². The molecule has 24 heavy (non-hydrogen) atoms. The first-order valence-electron chi connectivity index (χ1n) is 7.86. The number of aromatic nitrogens is 3. The molecular formula is C16H19N5O3. The molecule has 1 aromatic carbocycles. The van der Waals surface area contributed by atoms with Crippen molar-refractivity contribution in [3.8, 4) is 0 Å². The zero-order valence-electron chi connectivity index (χ0n) is 13.8. The predicted molar refractivity (Wildman–Crippen MR) is 87.6 cm³/mol. The molecule has 0 aliphatic rings. The van der Waals surface area contributed by atoms with E-state index in [1.807, 2.05) is 13.8 Å². The quantitative estimate of drug-likeness (QED) is 0.743. The average Bonchev–Trinajstić information content (AvgIpc) is 3.17. The number of nitrogens with zero attached hydrogens (tertiary/aromatic N) is 3. The molecule has 0 spiro atoms. The molecule has 8 heteroatoms. The van der Waals surface area contributed by atoms with Crippen LogP contribution >= 0.6 is 0 Å². The highest BCUT2D eigenvalue weighted by atomic mass is 16.5. The lowest BCUT2D eigenvalue weighted by atomic mass is 10.2. The normalized spacial score (nSPS) is 12.3. The smallest absolute Gasteiger partial charge is 0.319 e. The maximum Gasteiger partial charge on any atom is 0.319 e. The van der Waals surface area contributed by atoms with E-state index in [1.54, 1.807) is 25.1 Å². The highest BCUT2D eigenvalue weighted by molar-refractivity contribution is 5.91. The molecule has 3 aromatic rings. The number of hydrogen-bond acceptors (Lipinski definition) is 6. The van der Waals surface area contributed by atoms with Crippen molar-refractivity contribution >= 4 is 22.8 Å². The summed E-state index contributed by atoms with van der Waals surface area (Å²) in [6.45, 7) is 5.62. The zero-order chi connectivity index (χ0) is 17.1. The Balaban J connectivity index is 1.69. The lowest BCUT2D eigenvalue weighted by Gasteiger charge is -2.14. The second-order valence-electron chi connectivity index (χ2n) is 5.37. The Labute approximate surface area is 138 Å². The fraction of sp³-hybridized carbons (Fsp3) is 0.375. The standard InChI is InChI=1S/C16H19N5O3/c1-4-11(15-17-9(3)24-21-15)20-16(22)18-10-6-7-13-12(8-10)19-14(5-2)23-13/h6-8,11H,4-5H2,1-3H3,(H2,18,20,22)/t11-/m0/s1. The van der Waals surface area contributed by atoms with Gasteiger partial charge in [0.25, 0.3) is 0 Å². The number of aryl methyl sites for hydroxylation is 2. The van der Waals surface area contributed by atoms with Crippen LogP contribution in [0.5, 0.6) is 0 Å². The molecule has 2 N–H and O–H groups in total. The van der Waals surface area contributed by atoms with E-state index in [0.717, 1.165) is 6.42 Å². The minimum atomic E-state index is -0.345. The van der Waals surface area contributed by atoms with E-state index < -0.39 is 0 Å². The maximum atomic E-state index is 12.2. The molecule has 126 valence electrons. The van der Waals surface area contributed by atoms with Crippen molar-refractivity contribution in [2.24, 2.45) is 0 Å². The minimum absolute atomic E-state index is 0.315. The van der Waals surface area contributed by atoms with Gasteiger partial charge in [-0.2, -0.15) is 4.98 Å². The summed E-state index contributed by atoms with van der Waals surface area (Å²) < 4.78 is 10.5. The molecule has 0 aliphatic heterocycles. The van der Waals surface area contributed by atoms with Crippen LogP contribution in [0.4, 0.5) is 10.5 Å². The number of amides is 2. The molecule has 0 saturated carbocycles.